The Morgan fingerprint density at radius 2 is 1.83 bits per heavy atom. The molecule has 0 aliphatic carbocycles. The van der Waals surface area contributed by atoms with Crippen molar-refractivity contribution in [1.82, 2.24) is 4.98 Å². The predicted molar refractivity (Wildman–Crippen MR) is 89.9 cm³/mol. The van der Waals surface area contributed by atoms with E-state index in [1.54, 1.807) is 30.5 Å². The van der Waals surface area contributed by atoms with Gasteiger partial charge < -0.3 is 14.9 Å². The average molecular weight is 323 g/mol. The van der Waals surface area contributed by atoms with Crippen molar-refractivity contribution in [2.75, 3.05) is 0 Å². The number of aliphatic carboxylic acids is 1. The second-order valence-electron chi connectivity index (χ2n) is 5.53. The average Bonchev–Trinajstić information content (AvgIpc) is 2.61. The van der Waals surface area contributed by atoms with Crippen LogP contribution in [0.15, 0.2) is 60.8 Å². The Bertz CT molecular complexity index is 845. The Morgan fingerprint density at radius 1 is 1.08 bits per heavy atom. The molecule has 1 heterocycles. The molecule has 0 radical (unpaired) electrons. The van der Waals surface area contributed by atoms with Gasteiger partial charge in [-0.3, -0.25) is 4.98 Å². The van der Waals surface area contributed by atoms with Crippen LogP contribution in [0.2, 0.25) is 0 Å². The number of nitrogens with zero attached hydrogens (tertiary/aromatic N) is 1. The highest BCUT2D eigenvalue weighted by atomic mass is 16.5. The number of carboxylic acids is 1. The van der Waals surface area contributed by atoms with Crippen molar-refractivity contribution < 1.29 is 19.7 Å². The van der Waals surface area contributed by atoms with Crippen LogP contribution in [0.25, 0.3) is 10.9 Å². The van der Waals surface area contributed by atoms with E-state index in [0.29, 0.717) is 12.4 Å². The van der Waals surface area contributed by atoms with Crippen LogP contribution < -0.4 is 4.74 Å². The van der Waals surface area contributed by atoms with Gasteiger partial charge in [-0.2, -0.15) is 0 Å². The number of carbonyl (C=O) groups is 1. The van der Waals surface area contributed by atoms with Crippen LogP contribution in [0.4, 0.5) is 0 Å². The van der Waals surface area contributed by atoms with Crippen molar-refractivity contribution in [2.45, 2.75) is 19.1 Å². The number of pyridine rings is 1. The van der Waals surface area contributed by atoms with Crippen molar-refractivity contribution in [3.63, 3.8) is 0 Å². The molecule has 122 valence electrons. The minimum absolute atomic E-state index is 0.0736. The summed E-state index contributed by atoms with van der Waals surface area (Å²) >= 11 is 0. The normalized spacial score (nSPS) is 12.0. The maximum atomic E-state index is 10.6. The Kier molecular flexibility index (Phi) is 4.72. The molecule has 0 aliphatic rings. The zero-order chi connectivity index (χ0) is 16.9. The Morgan fingerprint density at radius 3 is 2.58 bits per heavy atom. The Balaban J connectivity index is 1.62. The van der Waals surface area contributed by atoms with Gasteiger partial charge in [0.05, 0.1) is 5.52 Å². The summed E-state index contributed by atoms with van der Waals surface area (Å²) in [6.45, 7) is 0.398. The molecule has 2 N–H and O–H groups in total. The fourth-order valence-corrected chi connectivity index (χ4v) is 2.39. The van der Waals surface area contributed by atoms with Gasteiger partial charge in [0.2, 0.25) is 0 Å². The van der Waals surface area contributed by atoms with E-state index in [0.717, 1.165) is 22.0 Å². The number of carboxylic acid groups (broad SMARTS) is 1. The highest BCUT2D eigenvalue weighted by Gasteiger charge is 2.13. The fourth-order valence-electron chi connectivity index (χ4n) is 2.39. The quantitative estimate of drug-likeness (QED) is 0.729. The van der Waals surface area contributed by atoms with E-state index in [9.17, 15) is 9.90 Å². The number of hydrogen-bond donors (Lipinski definition) is 2. The molecule has 5 nitrogen and oxygen atoms in total. The van der Waals surface area contributed by atoms with E-state index in [-0.39, 0.29) is 6.42 Å². The number of ether oxygens (including phenoxy) is 1. The molecule has 0 spiro atoms. The van der Waals surface area contributed by atoms with Gasteiger partial charge in [0, 0.05) is 23.6 Å². The van der Waals surface area contributed by atoms with Crippen molar-refractivity contribution in [2.24, 2.45) is 0 Å². The lowest BCUT2D eigenvalue weighted by atomic mass is 10.1. The number of hydrogen-bond acceptors (Lipinski definition) is 4. The molecule has 1 unspecified atom stereocenters. The SMILES string of the molecule is O=C(O)C(O)Cc1ccc(OCc2cnc3ccccc3c2)cc1. The van der Waals surface area contributed by atoms with Gasteiger partial charge in [0.1, 0.15) is 12.4 Å². The number of aliphatic hydroxyl groups excluding tert-OH is 1. The molecule has 3 rings (SSSR count). The lowest BCUT2D eigenvalue weighted by Gasteiger charge is -2.09. The molecule has 5 heteroatoms. The summed E-state index contributed by atoms with van der Waals surface area (Å²) in [6.07, 6.45) is 0.477. The minimum Gasteiger partial charge on any atom is -0.489 e. The monoisotopic (exact) mass is 323 g/mol. The van der Waals surface area contributed by atoms with Crippen LogP contribution in [-0.2, 0) is 17.8 Å². The summed E-state index contributed by atoms with van der Waals surface area (Å²) in [5, 5.41) is 19.1. The molecule has 3 aromatic rings. The lowest BCUT2D eigenvalue weighted by Crippen LogP contribution is -2.21. The summed E-state index contributed by atoms with van der Waals surface area (Å²) in [5.41, 5.74) is 2.66. The van der Waals surface area contributed by atoms with Gasteiger partial charge >= 0.3 is 5.97 Å². The molecule has 1 atom stereocenters. The molecule has 2 aromatic carbocycles. The minimum atomic E-state index is -1.39. The highest BCUT2D eigenvalue weighted by Crippen LogP contribution is 2.17. The second-order valence-corrected chi connectivity index (χ2v) is 5.53. The molecule has 24 heavy (non-hydrogen) atoms. The first-order chi connectivity index (χ1) is 11.6. The van der Waals surface area contributed by atoms with Crippen LogP contribution in [0, 0.1) is 0 Å². The maximum Gasteiger partial charge on any atom is 0.332 e. The van der Waals surface area contributed by atoms with Crippen molar-refractivity contribution in [3.8, 4) is 5.75 Å². The van der Waals surface area contributed by atoms with Crippen molar-refractivity contribution >= 4 is 16.9 Å². The third-order valence-corrected chi connectivity index (χ3v) is 3.69. The van der Waals surface area contributed by atoms with Gasteiger partial charge in [0.15, 0.2) is 6.10 Å². The summed E-state index contributed by atoms with van der Waals surface area (Å²) in [4.78, 5) is 15.0. The topological polar surface area (TPSA) is 79.7 Å². The van der Waals surface area contributed by atoms with Crippen LogP contribution in [0.1, 0.15) is 11.1 Å². The highest BCUT2D eigenvalue weighted by molar-refractivity contribution is 5.78. The number of fused-ring (bicyclic) bond motifs is 1. The summed E-state index contributed by atoms with van der Waals surface area (Å²) in [7, 11) is 0. The van der Waals surface area contributed by atoms with Crippen LogP contribution >= 0.6 is 0 Å². The zero-order valence-electron chi connectivity index (χ0n) is 12.9. The van der Waals surface area contributed by atoms with Gasteiger partial charge in [-0.05, 0) is 29.8 Å². The summed E-state index contributed by atoms with van der Waals surface area (Å²) in [5.74, 6) is -0.546. The predicted octanol–water partition coefficient (Wildman–Crippen LogP) is 2.80. The maximum absolute atomic E-state index is 10.6. The van der Waals surface area contributed by atoms with E-state index in [1.807, 2.05) is 30.3 Å². The van der Waals surface area contributed by atoms with Crippen molar-refractivity contribution in [3.05, 3.63) is 71.9 Å². The van der Waals surface area contributed by atoms with E-state index in [1.165, 1.54) is 0 Å². The molecular weight excluding hydrogens is 306 g/mol. The molecule has 0 bridgehead atoms. The van der Waals surface area contributed by atoms with Crippen molar-refractivity contribution in [1.29, 1.82) is 0 Å². The van der Waals surface area contributed by atoms with Gasteiger partial charge in [-0.25, -0.2) is 4.79 Å². The Hall–Kier alpha value is -2.92. The first-order valence-corrected chi connectivity index (χ1v) is 7.58. The van der Waals surface area contributed by atoms with E-state index in [2.05, 4.69) is 4.98 Å². The molecule has 0 aliphatic heterocycles. The van der Waals surface area contributed by atoms with Crippen LogP contribution in [-0.4, -0.2) is 27.3 Å². The van der Waals surface area contributed by atoms with E-state index < -0.39 is 12.1 Å². The zero-order valence-corrected chi connectivity index (χ0v) is 12.9. The fraction of sp³-hybridized carbons (Fsp3) is 0.158. The van der Waals surface area contributed by atoms with Gasteiger partial charge in [-0.15, -0.1) is 0 Å². The van der Waals surface area contributed by atoms with Gasteiger partial charge in [-0.1, -0.05) is 30.3 Å². The summed E-state index contributed by atoms with van der Waals surface area (Å²) in [6, 6.07) is 17.0. The number of benzene rings is 2. The number of aromatic nitrogens is 1. The molecule has 0 fully saturated rings. The van der Waals surface area contributed by atoms with Gasteiger partial charge in [0.25, 0.3) is 0 Å². The lowest BCUT2D eigenvalue weighted by molar-refractivity contribution is -0.146. The molecule has 0 amide bonds. The third-order valence-electron chi connectivity index (χ3n) is 3.69. The first-order valence-electron chi connectivity index (χ1n) is 7.58. The Labute approximate surface area is 139 Å². The smallest absolute Gasteiger partial charge is 0.332 e. The molecule has 1 aromatic heterocycles. The standard InChI is InChI=1S/C19H17NO4/c21-18(19(22)23)10-13-5-7-16(8-6-13)24-12-14-9-15-3-1-2-4-17(15)20-11-14/h1-9,11,18,21H,10,12H2,(H,22,23). The van der Waals surface area contributed by atoms with E-state index >= 15 is 0 Å². The largest absolute Gasteiger partial charge is 0.489 e. The second kappa shape index (κ2) is 7.10. The first kappa shape index (κ1) is 16.0. The summed E-state index contributed by atoms with van der Waals surface area (Å²) < 4.78 is 5.73. The number of para-hydroxylation sites is 1. The number of rotatable bonds is 6. The third kappa shape index (κ3) is 3.88. The van der Waals surface area contributed by atoms with Crippen LogP contribution in [0.3, 0.4) is 0 Å². The molecule has 0 saturated heterocycles. The number of aliphatic hydroxyl groups is 1. The van der Waals surface area contributed by atoms with Crippen LogP contribution in [0.5, 0.6) is 5.75 Å². The van der Waals surface area contributed by atoms with E-state index in [4.69, 9.17) is 9.84 Å². The molecular formula is C19H17NO4. The molecule has 0 saturated carbocycles.